The lowest BCUT2D eigenvalue weighted by atomic mass is 10.3. The molecule has 0 saturated carbocycles. The van der Waals surface area contributed by atoms with E-state index in [1.54, 1.807) is 12.1 Å². The minimum absolute atomic E-state index is 0.0715. The molecule has 0 aliphatic heterocycles. The molecule has 1 aromatic carbocycles. The molecule has 1 amide bonds. The van der Waals surface area contributed by atoms with Gasteiger partial charge in [-0.25, -0.2) is 0 Å². The number of hydrogen-bond acceptors (Lipinski definition) is 2. The Morgan fingerprint density at radius 2 is 2.06 bits per heavy atom. The van der Waals surface area contributed by atoms with Gasteiger partial charge in [-0.3, -0.25) is 4.79 Å². The second-order valence-electron chi connectivity index (χ2n) is 3.36. The molecule has 0 spiro atoms. The van der Waals surface area contributed by atoms with Crippen molar-refractivity contribution in [2.45, 2.75) is 19.8 Å². The van der Waals surface area contributed by atoms with Gasteiger partial charge < -0.3 is 10.1 Å². The minimum Gasteiger partial charge on any atom is -0.494 e. The van der Waals surface area contributed by atoms with E-state index < -0.39 is 0 Å². The van der Waals surface area contributed by atoms with Crippen molar-refractivity contribution < 1.29 is 9.53 Å². The molecule has 4 heteroatoms. The molecule has 16 heavy (non-hydrogen) atoms. The van der Waals surface area contributed by atoms with Crippen LogP contribution in [0.25, 0.3) is 0 Å². The third-order valence-electron chi connectivity index (χ3n) is 2.00. The molecular weight excluding hydrogens is 226 g/mol. The van der Waals surface area contributed by atoms with E-state index in [1.165, 1.54) is 0 Å². The van der Waals surface area contributed by atoms with E-state index in [1.807, 2.05) is 19.1 Å². The molecule has 0 aliphatic rings. The zero-order valence-electron chi connectivity index (χ0n) is 9.33. The second kappa shape index (κ2) is 7.12. The third-order valence-corrected chi connectivity index (χ3v) is 2.26. The number of hydrogen-bond donors (Lipinski definition) is 1. The maximum atomic E-state index is 11.1. The molecule has 0 aromatic heterocycles. The van der Waals surface area contributed by atoms with Gasteiger partial charge in [0, 0.05) is 18.0 Å². The predicted molar refractivity (Wildman–Crippen MR) is 64.9 cm³/mol. The number of carbonyl (C=O) groups excluding carboxylic acids is 1. The van der Waals surface area contributed by atoms with Gasteiger partial charge in [0.1, 0.15) is 5.75 Å². The van der Waals surface area contributed by atoms with E-state index in [4.69, 9.17) is 16.3 Å². The molecule has 0 atom stereocenters. The number of rotatable bonds is 6. The van der Waals surface area contributed by atoms with Gasteiger partial charge >= 0.3 is 0 Å². The molecule has 3 nitrogen and oxygen atoms in total. The number of carbonyl (C=O) groups is 1. The van der Waals surface area contributed by atoms with Crippen LogP contribution in [0.3, 0.4) is 0 Å². The fourth-order valence-electron chi connectivity index (χ4n) is 1.24. The topological polar surface area (TPSA) is 38.3 Å². The van der Waals surface area contributed by atoms with Crippen LogP contribution in [-0.2, 0) is 4.79 Å². The lowest BCUT2D eigenvalue weighted by molar-refractivity contribution is -0.121. The van der Waals surface area contributed by atoms with Crippen molar-refractivity contribution in [3.8, 4) is 5.75 Å². The van der Waals surface area contributed by atoms with Gasteiger partial charge in [-0.1, -0.05) is 11.6 Å². The Labute approximate surface area is 101 Å². The molecule has 0 radical (unpaired) electrons. The van der Waals surface area contributed by atoms with Crippen LogP contribution < -0.4 is 10.1 Å². The summed E-state index contributed by atoms with van der Waals surface area (Å²) in [6.45, 7) is 3.12. The summed E-state index contributed by atoms with van der Waals surface area (Å²) in [7, 11) is 0. The highest BCUT2D eigenvalue weighted by Gasteiger charge is 1.99. The fraction of sp³-hybridized carbons (Fsp3) is 0.417. The van der Waals surface area contributed by atoms with Crippen LogP contribution in [0.4, 0.5) is 0 Å². The van der Waals surface area contributed by atoms with Gasteiger partial charge in [-0.15, -0.1) is 0 Å². The van der Waals surface area contributed by atoms with Crippen molar-refractivity contribution >= 4 is 17.5 Å². The van der Waals surface area contributed by atoms with Crippen LogP contribution in [0.2, 0.25) is 5.02 Å². The molecular formula is C12H16ClNO2. The van der Waals surface area contributed by atoms with Crippen molar-refractivity contribution in [2.24, 2.45) is 0 Å². The van der Waals surface area contributed by atoms with Gasteiger partial charge in [0.05, 0.1) is 6.61 Å². The van der Waals surface area contributed by atoms with Gasteiger partial charge in [0.2, 0.25) is 5.91 Å². The zero-order valence-corrected chi connectivity index (χ0v) is 10.1. The standard InChI is InChI=1S/C12H16ClNO2/c1-2-14-12(15)4-3-9-16-11-7-5-10(13)6-8-11/h5-8H,2-4,9H2,1H3,(H,14,15). The first-order chi connectivity index (χ1) is 7.72. The average Bonchev–Trinajstić information content (AvgIpc) is 2.27. The Bertz CT molecular complexity index is 324. The van der Waals surface area contributed by atoms with Crippen molar-refractivity contribution in [1.29, 1.82) is 0 Å². The molecule has 0 heterocycles. The smallest absolute Gasteiger partial charge is 0.220 e. The summed E-state index contributed by atoms with van der Waals surface area (Å²) in [6, 6.07) is 7.18. The summed E-state index contributed by atoms with van der Waals surface area (Å²) in [5, 5.41) is 3.43. The van der Waals surface area contributed by atoms with Gasteiger partial charge in [0.25, 0.3) is 0 Å². The number of halogens is 1. The first-order valence-corrected chi connectivity index (χ1v) is 5.75. The van der Waals surface area contributed by atoms with Crippen LogP contribution in [0.1, 0.15) is 19.8 Å². The van der Waals surface area contributed by atoms with E-state index in [2.05, 4.69) is 5.32 Å². The lowest BCUT2D eigenvalue weighted by Crippen LogP contribution is -2.22. The first-order valence-electron chi connectivity index (χ1n) is 5.37. The normalized spacial score (nSPS) is 9.88. The Morgan fingerprint density at radius 3 is 2.69 bits per heavy atom. The quantitative estimate of drug-likeness (QED) is 0.778. The number of benzene rings is 1. The third kappa shape index (κ3) is 5.03. The molecule has 0 bridgehead atoms. The average molecular weight is 242 g/mol. The van der Waals surface area contributed by atoms with Crippen molar-refractivity contribution in [3.05, 3.63) is 29.3 Å². The van der Waals surface area contributed by atoms with E-state index in [-0.39, 0.29) is 5.91 Å². The number of ether oxygens (including phenoxy) is 1. The van der Waals surface area contributed by atoms with Crippen molar-refractivity contribution in [2.75, 3.05) is 13.2 Å². The summed E-state index contributed by atoms with van der Waals surface area (Å²) in [5.74, 6) is 0.850. The largest absolute Gasteiger partial charge is 0.494 e. The Balaban J connectivity index is 2.16. The molecule has 1 rings (SSSR count). The van der Waals surface area contributed by atoms with Crippen LogP contribution >= 0.6 is 11.6 Å². The summed E-state index contributed by atoms with van der Waals surface area (Å²) >= 11 is 5.74. The van der Waals surface area contributed by atoms with Crippen LogP contribution in [0.5, 0.6) is 5.75 Å². The molecule has 0 aliphatic carbocycles. The number of nitrogens with one attached hydrogen (secondary N) is 1. The molecule has 0 saturated heterocycles. The number of amides is 1. The van der Waals surface area contributed by atoms with Crippen LogP contribution in [0.15, 0.2) is 24.3 Å². The zero-order chi connectivity index (χ0) is 11.8. The summed E-state index contributed by atoms with van der Waals surface area (Å²) in [6.07, 6.45) is 1.22. The summed E-state index contributed by atoms with van der Waals surface area (Å²) in [5.41, 5.74) is 0. The Kier molecular flexibility index (Phi) is 5.72. The van der Waals surface area contributed by atoms with Gasteiger partial charge in [-0.05, 0) is 37.6 Å². The van der Waals surface area contributed by atoms with Crippen LogP contribution in [-0.4, -0.2) is 19.1 Å². The van der Waals surface area contributed by atoms with E-state index in [0.717, 1.165) is 5.75 Å². The summed E-state index contributed by atoms with van der Waals surface area (Å²) < 4.78 is 5.45. The van der Waals surface area contributed by atoms with Gasteiger partial charge in [-0.2, -0.15) is 0 Å². The minimum atomic E-state index is 0.0715. The monoisotopic (exact) mass is 241 g/mol. The Hall–Kier alpha value is -1.22. The van der Waals surface area contributed by atoms with E-state index in [9.17, 15) is 4.79 Å². The van der Waals surface area contributed by atoms with E-state index >= 15 is 0 Å². The lowest BCUT2D eigenvalue weighted by Gasteiger charge is -2.06. The Morgan fingerprint density at radius 1 is 1.38 bits per heavy atom. The highest BCUT2D eigenvalue weighted by atomic mass is 35.5. The SMILES string of the molecule is CCNC(=O)CCCOc1ccc(Cl)cc1. The molecule has 1 aromatic rings. The second-order valence-corrected chi connectivity index (χ2v) is 3.80. The fourth-order valence-corrected chi connectivity index (χ4v) is 1.37. The summed E-state index contributed by atoms with van der Waals surface area (Å²) in [4.78, 5) is 11.1. The molecule has 1 N–H and O–H groups in total. The van der Waals surface area contributed by atoms with Crippen molar-refractivity contribution in [1.82, 2.24) is 5.32 Å². The molecule has 88 valence electrons. The van der Waals surface area contributed by atoms with Crippen LogP contribution in [0, 0.1) is 0 Å². The van der Waals surface area contributed by atoms with Crippen molar-refractivity contribution in [3.63, 3.8) is 0 Å². The molecule has 0 unspecified atom stereocenters. The maximum Gasteiger partial charge on any atom is 0.220 e. The highest BCUT2D eigenvalue weighted by molar-refractivity contribution is 6.30. The molecule has 0 fully saturated rings. The predicted octanol–water partition coefficient (Wildman–Crippen LogP) is 2.64. The van der Waals surface area contributed by atoms with Gasteiger partial charge in [0.15, 0.2) is 0 Å². The first kappa shape index (κ1) is 12.8. The van der Waals surface area contributed by atoms with E-state index in [0.29, 0.717) is 31.0 Å². The maximum absolute atomic E-state index is 11.1. The highest BCUT2D eigenvalue weighted by Crippen LogP contribution is 2.15.